The predicted molar refractivity (Wildman–Crippen MR) is 76.1 cm³/mol. The van der Waals surface area contributed by atoms with Crippen LogP contribution in [0, 0.1) is 11.8 Å². The van der Waals surface area contributed by atoms with Crippen LogP contribution in [-0.4, -0.2) is 19.8 Å². The molecule has 0 bridgehead atoms. The van der Waals surface area contributed by atoms with Crippen LogP contribution in [0.2, 0.25) is 0 Å². The highest BCUT2D eigenvalue weighted by Crippen LogP contribution is 2.08. The van der Waals surface area contributed by atoms with E-state index in [1.165, 1.54) is 19.3 Å². The Bertz CT molecular complexity index is 189. The molecule has 0 amide bonds. The van der Waals surface area contributed by atoms with Crippen molar-refractivity contribution in [1.82, 2.24) is 5.32 Å². The highest BCUT2D eigenvalue weighted by Gasteiger charge is 1.99. The lowest BCUT2D eigenvalue weighted by atomic mass is 10.0. The largest absolute Gasteiger partial charge is 0.389 e. The highest BCUT2D eigenvalue weighted by atomic mass is 16.5. The van der Waals surface area contributed by atoms with E-state index in [2.05, 4.69) is 39.6 Å². The number of nitrogens with one attached hydrogen (secondary N) is 1. The molecule has 0 saturated heterocycles. The highest BCUT2D eigenvalue weighted by molar-refractivity contribution is 4.93. The Morgan fingerprint density at radius 2 is 1.82 bits per heavy atom. The van der Waals surface area contributed by atoms with Crippen molar-refractivity contribution in [3.8, 4) is 0 Å². The molecule has 0 spiro atoms. The van der Waals surface area contributed by atoms with Crippen molar-refractivity contribution in [2.24, 2.45) is 11.8 Å². The van der Waals surface area contributed by atoms with Gasteiger partial charge >= 0.3 is 0 Å². The quantitative estimate of drug-likeness (QED) is 0.552. The normalized spacial score (nSPS) is 12.8. The van der Waals surface area contributed by atoms with Gasteiger partial charge in [-0.15, -0.1) is 0 Å². The molecule has 1 unspecified atom stereocenters. The van der Waals surface area contributed by atoms with Gasteiger partial charge in [0.05, 0.1) is 0 Å². The molecule has 2 nitrogen and oxygen atoms in total. The van der Waals surface area contributed by atoms with Crippen molar-refractivity contribution >= 4 is 0 Å². The van der Waals surface area contributed by atoms with Gasteiger partial charge in [-0.25, -0.2) is 0 Å². The van der Waals surface area contributed by atoms with Gasteiger partial charge < -0.3 is 10.1 Å². The van der Waals surface area contributed by atoms with Crippen molar-refractivity contribution in [2.45, 2.75) is 53.4 Å². The first-order valence-corrected chi connectivity index (χ1v) is 7.08. The van der Waals surface area contributed by atoms with E-state index in [0.29, 0.717) is 5.92 Å². The zero-order valence-corrected chi connectivity index (χ0v) is 12.2. The Labute approximate surface area is 108 Å². The van der Waals surface area contributed by atoms with Crippen LogP contribution in [0.3, 0.4) is 0 Å². The monoisotopic (exact) mass is 241 g/mol. The minimum Gasteiger partial charge on any atom is -0.389 e. The molecular formula is C15H31NO. The van der Waals surface area contributed by atoms with E-state index >= 15 is 0 Å². The zero-order valence-electron chi connectivity index (χ0n) is 12.2. The Hall–Kier alpha value is -0.500. The van der Waals surface area contributed by atoms with Gasteiger partial charge in [-0.05, 0) is 31.1 Å². The van der Waals surface area contributed by atoms with E-state index in [1.807, 2.05) is 0 Å². The van der Waals surface area contributed by atoms with E-state index in [-0.39, 0.29) is 0 Å². The Morgan fingerprint density at radius 1 is 1.18 bits per heavy atom. The van der Waals surface area contributed by atoms with Gasteiger partial charge in [0.15, 0.2) is 0 Å². The molecule has 2 heteroatoms. The maximum absolute atomic E-state index is 5.60. The van der Waals surface area contributed by atoms with Crippen molar-refractivity contribution < 1.29 is 4.74 Å². The van der Waals surface area contributed by atoms with E-state index in [9.17, 15) is 0 Å². The molecule has 0 saturated carbocycles. The van der Waals surface area contributed by atoms with Crippen molar-refractivity contribution in [1.29, 1.82) is 0 Å². The first-order valence-electron chi connectivity index (χ1n) is 7.08. The number of allylic oxidation sites excluding steroid dienone is 1. The fourth-order valence-electron chi connectivity index (χ4n) is 1.47. The molecule has 0 aliphatic carbocycles. The third-order valence-corrected chi connectivity index (χ3v) is 3.20. The summed E-state index contributed by atoms with van der Waals surface area (Å²) >= 11 is 0. The maximum atomic E-state index is 5.60. The van der Waals surface area contributed by atoms with Gasteiger partial charge in [-0.1, -0.05) is 40.7 Å². The third-order valence-electron chi connectivity index (χ3n) is 3.20. The molecule has 1 atom stereocenters. The summed E-state index contributed by atoms with van der Waals surface area (Å²) in [4.78, 5) is 0. The molecule has 17 heavy (non-hydrogen) atoms. The lowest BCUT2D eigenvalue weighted by molar-refractivity contribution is 0.125. The zero-order chi connectivity index (χ0) is 13.1. The van der Waals surface area contributed by atoms with Gasteiger partial charge in [0.2, 0.25) is 0 Å². The number of hydrogen-bond acceptors (Lipinski definition) is 2. The van der Waals surface area contributed by atoms with Crippen LogP contribution in [0.15, 0.2) is 12.3 Å². The van der Waals surface area contributed by atoms with Gasteiger partial charge in [0.25, 0.3) is 0 Å². The van der Waals surface area contributed by atoms with E-state index in [1.54, 1.807) is 0 Å². The molecule has 0 aromatic heterocycles. The van der Waals surface area contributed by atoms with Gasteiger partial charge in [-0.3, -0.25) is 0 Å². The van der Waals surface area contributed by atoms with E-state index in [0.717, 1.165) is 37.8 Å². The lowest BCUT2D eigenvalue weighted by Crippen LogP contribution is -2.19. The average molecular weight is 241 g/mol. The fraction of sp³-hybridized carbons (Fsp3) is 0.867. The van der Waals surface area contributed by atoms with Crippen molar-refractivity contribution in [3.05, 3.63) is 12.3 Å². The van der Waals surface area contributed by atoms with Crippen LogP contribution < -0.4 is 5.32 Å². The molecule has 0 aromatic carbocycles. The number of hydrogen-bond donors (Lipinski definition) is 1. The fourth-order valence-corrected chi connectivity index (χ4v) is 1.47. The second kappa shape index (κ2) is 10.6. The molecule has 0 heterocycles. The molecule has 0 aliphatic heterocycles. The standard InChI is InChI=1S/C15H31NO/c1-6-14(4)9-7-11-17-12-8-10-16-15(5)13(2)3/h13-14,16H,5-12H2,1-4H3. The third kappa shape index (κ3) is 10.4. The molecular weight excluding hydrogens is 210 g/mol. The Kier molecular flexibility index (Phi) is 10.3. The smallest absolute Gasteiger partial charge is 0.0482 e. The molecule has 0 rings (SSSR count). The minimum absolute atomic E-state index is 0.520. The van der Waals surface area contributed by atoms with Crippen LogP contribution >= 0.6 is 0 Å². The minimum atomic E-state index is 0.520. The van der Waals surface area contributed by atoms with Gasteiger partial charge in [0, 0.05) is 25.5 Å². The summed E-state index contributed by atoms with van der Waals surface area (Å²) < 4.78 is 5.60. The summed E-state index contributed by atoms with van der Waals surface area (Å²) in [6.07, 6.45) is 4.83. The topological polar surface area (TPSA) is 21.3 Å². The number of rotatable bonds is 11. The van der Waals surface area contributed by atoms with Gasteiger partial charge in [-0.2, -0.15) is 0 Å². The summed E-state index contributed by atoms with van der Waals surface area (Å²) in [5.41, 5.74) is 1.13. The van der Waals surface area contributed by atoms with Crippen LogP contribution in [0.4, 0.5) is 0 Å². The van der Waals surface area contributed by atoms with E-state index < -0.39 is 0 Å². The maximum Gasteiger partial charge on any atom is 0.0482 e. The van der Waals surface area contributed by atoms with Crippen LogP contribution in [-0.2, 0) is 4.74 Å². The van der Waals surface area contributed by atoms with Gasteiger partial charge in [0.1, 0.15) is 0 Å². The van der Waals surface area contributed by atoms with E-state index in [4.69, 9.17) is 4.74 Å². The summed E-state index contributed by atoms with van der Waals surface area (Å²) in [5, 5.41) is 3.33. The molecule has 0 fully saturated rings. The van der Waals surface area contributed by atoms with Crippen molar-refractivity contribution in [2.75, 3.05) is 19.8 Å². The predicted octanol–water partition coefficient (Wildman–Crippen LogP) is 3.98. The SMILES string of the molecule is C=C(NCCCOCCCC(C)CC)C(C)C. The van der Waals surface area contributed by atoms with Crippen molar-refractivity contribution in [3.63, 3.8) is 0 Å². The molecule has 0 aromatic rings. The Morgan fingerprint density at radius 3 is 2.41 bits per heavy atom. The summed E-state index contributed by atoms with van der Waals surface area (Å²) in [6.45, 7) is 15.6. The van der Waals surface area contributed by atoms with Crippen LogP contribution in [0.25, 0.3) is 0 Å². The van der Waals surface area contributed by atoms with Crippen LogP contribution in [0.5, 0.6) is 0 Å². The second-order valence-electron chi connectivity index (χ2n) is 5.23. The molecule has 0 aliphatic rings. The van der Waals surface area contributed by atoms with Crippen LogP contribution in [0.1, 0.15) is 53.4 Å². The second-order valence-corrected chi connectivity index (χ2v) is 5.23. The molecule has 0 radical (unpaired) electrons. The summed E-state index contributed by atoms with van der Waals surface area (Å²) in [6, 6.07) is 0. The Balaban J connectivity index is 3.16. The first-order chi connectivity index (χ1) is 8.07. The molecule has 1 N–H and O–H groups in total. The molecule has 102 valence electrons. The summed E-state index contributed by atoms with van der Waals surface area (Å²) in [5.74, 6) is 1.36. The average Bonchev–Trinajstić information content (AvgIpc) is 2.31. The lowest BCUT2D eigenvalue weighted by Gasteiger charge is -2.12. The summed E-state index contributed by atoms with van der Waals surface area (Å²) in [7, 11) is 0. The number of ether oxygens (including phenoxy) is 1. The first kappa shape index (κ1) is 16.5.